The lowest BCUT2D eigenvalue weighted by Crippen LogP contribution is -2.39. The molecule has 1 atom stereocenters. The van der Waals surface area contributed by atoms with Crippen LogP contribution in [0.5, 0.6) is 0 Å². The van der Waals surface area contributed by atoms with E-state index in [9.17, 15) is 9.59 Å². The third-order valence-corrected chi connectivity index (χ3v) is 1.66. The van der Waals surface area contributed by atoms with Gasteiger partial charge in [-0.3, -0.25) is 9.59 Å². The number of nitrogens with one attached hydrogen (secondary N) is 1. The van der Waals surface area contributed by atoms with E-state index < -0.39 is 5.91 Å². The van der Waals surface area contributed by atoms with Crippen molar-refractivity contribution in [3.8, 4) is 0 Å². The molecule has 0 bridgehead atoms. The van der Waals surface area contributed by atoms with Crippen LogP contribution in [0.15, 0.2) is 0 Å². The van der Waals surface area contributed by atoms with E-state index in [-0.39, 0.29) is 18.6 Å². The van der Waals surface area contributed by atoms with Crippen LogP contribution in [0, 0.1) is 0 Å². The molecule has 1 unspecified atom stereocenters. The first-order valence-corrected chi connectivity index (χ1v) is 3.88. The predicted molar refractivity (Wildman–Crippen MR) is 41.2 cm³/mol. The summed E-state index contributed by atoms with van der Waals surface area (Å²) < 4.78 is 5.08. The normalized spacial score (nSPS) is 22.2. The van der Waals surface area contributed by atoms with E-state index in [4.69, 9.17) is 10.5 Å². The molecule has 1 aliphatic heterocycles. The average molecular weight is 172 g/mol. The second kappa shape index (κ2) is 4.06. The number of carbonyl (C=O) groups is 2. The van der Waals surface area contributed by atoms with Crippen molar-refractivity contribution in [2.24, 2.45) is 5.73 Å². The molecule has 3 N–H and O–H groups in total. The van der Waals surface area contributed by atoms with Crippen LogP contribution in [0.25, 0.3) is 0 Å². The van der Waals surface area contributed by atoms with Gasteiger partial charge in [-0.05, 0) is 12.8 Å². The summed E-state index contributed by atoms with van der Waals surface area (Å²) in [5.41, 5.74) is 4.84. The fraction of sp³-hybridized carbons (Fsp3) is 0.714. The summed E-state index contributed by atoms with van der Waals surface area (Å²) in [7, 11) is 0. The Labute approximate surface area is 70.2 Å². The first-order valence-electron chi connectivity index (χ1n) is 3.88. The van der Waals surface area contributed by atoms with Crippen molar-refractivity contribution in [1.82, 2.24) is 5.32 Å². The van der Waals surface area contributed by atoms with Gasteiger partial charge in [0.05, 0.1) is 6.54 Å². The van der Waals surface area contributed by atoms with Crippen molar-refractivity contribution >= 4 is 11.8 Å². The van der Waals surface area contributed by atoms with Crippen molar-refractivity contribution in [3.05, 3.63) is 0 Å². The highest BCUT2D eigenvalue weighted by Gasteiger charge is 2.23. The molecule has 5 nitrogen and oxygen atoms in total. The highest BCUT2D eigenvalue weighted by atomic mass is 16.5. The van der Waals surface area contributed by atoms with E-state index in [2.05, 4.69) is 5.32 Å². The number of nitrogens with two attached hydrogens (primary N) is 1. The zero-order valence-corrected chi connectivity index (χ0v) is 6.71. The minimum absolute atomic E-state index is 0.112. The minimum atomic E-state index is -0.540. The molecule has 0 aromatic rings. The van der Waals surface area contributed by atoms with Gasteiger partial charge in [-0.2, -0.15) is 0 Å². The zero-order chi connectivity index (χ0) is 8.97. The van der Waals surface area contributed by atoms with E-state index in [0.29, 0.717) is 6.61 Å². The molecule has 1 fully saturated rings. The smallest absolute Gasteiger partial charge is 0.249 e. The second-order valence-electron chi connectivity index (χ2n) is 2.69. The monoisotopic (exact) mass is 172 g/mol. The van der Waals surface area contributed by atoms with Crippen molar-refractivity contribution < 1.29 is 14.3 Å². The van der Waals surface area contributed by atoms with Crippen LogP contribution in [0.3, 0.4) is 0 Å². The van der Waals surface area contributed by atoms with Gasteiger partial charge in [0.25, 0.3) is 0 Å². The molecule has 0 radical (unpaired) electrons. The summed E-state index contributed by atoms with van der Waals surface area (Å²) in [5.74, 6) is -0.785. The number of hydrogen-bond acceptors (Lipinski definition) is 3. The summed E-state index contributed by atoms with van der Waals surface area (Å²) in [5, 5.41) is 2.39. The molecule has 2 amide bonds. The van der Waals surface area contributed by atoms with Gasteiger partial charge in [0.1, 0.15) is 6.10 Å². The van der Waals surface area contributed by atoms with Crippen molar-refractivity contribution in [2.45, 2.75) is 18.9 Å². The molecule has 0 aromatic carbocycles. The zero-order valence-electron chi connectivity index (χ0n) is 6.71. The Morgan fingerprint density at radius 1 is 1.58 bits per heavy atom. The highest BCUT2D eigenvalue weighted by Crippen LogP contribution is 2.11. The fourth-order valence-electron chi connectivity index (χ4n) is 1.07. The maximum atomic E-state index is 11.1. The van der Waals surface area contributed by atoms with Gasteiger partial charge in [0.15, 0.2) is 0 Å². The molecule has 12 heavy (non-hydrogen) atoms. The van der Waals surface area contributed by atoms with Gasteiger partial charge < -0.3 is 15.8 Å². The van der Waals surface area contributed by atoms with Gasteiger partial charge in [-0.1, -0.05) is 0 Å². The Balaban J connectivity index is 2.23. The summed E-state index contributed by atoms with van der Waals surface area (Å²) in [6.45, 7) is 0.507. The van der Waals surface area contributed by atoms with Crippen LogP contribution in [0.1, 0.15) is 12.8 Å². The van der Waals surface area contributed by atoms with Crippen LogP contribution in [0.2, 0.25) is 0 Å². The molecule has 5 heteroatoms. The number of primary amides is 1. The predicted octanol–water partition coefficient (Wildman–Crippen LogP) is -1.23. The van der Waals surface area contributed by atoms with Crippen molar-refractivity contribution in [1.29, 1.82) is 0 Å². The van der Waals surface area contributed by atoms with Crippen LogP contribution in [0.4, 0.5) is 0 Å². The fourth-order valence-corrected chi connectivity index (χ4v) is 1.07. The van der Waals surface area contributed by atoms with Gasteiger partial charge >= 0.3 is 0 Å². The van der Waals surface area contributed by atoms with E-state index >= 15 is 0 Å². The van der Waals surface area contributed by atoms with E-state index in [0.717, 1.165) is 12.8 Å². The van der Waals surface area contributed by atoms with Crippen LogP contribution < -0.4 is 11.1 Å². The minimum Gasteiger partial charge on any atom is -0.368 e. The van der Waals surface area contributed by atoms with Crippen molar-refractivity contribution in [2.75, 3.05) is 13.2 Å². The van der Waals surface area contributed by atoms with E-state index in [1.54, 1.807) is 0 Å². The first kappa shape index (κ1) is 8.99. The molecule has 68 valence electrons. The second-order valence-corrected chi connectivity index (χ2v) is 2.69. The number of rotatable bonds is 3. The number of carbonyl (C=O) groups excluding carboxylic acids is 2. The molecule has 0 spiro atoms. The Morgan fingerprint density at radius 2 is 2.33 bits per heavy atom. The Morgan fingerprint density at radius 3 is 2.83 bits per heavy atom. The molecular weight excluding hydrogens is 160 g/mol. The first-order chi connectivity index (χ1) is 5.70. The molecule has 0 aromatic heterocycles. The number of ether oxygens (including phenoxy) is 1. The summed E-state index contributed by atoms with van der Waals surface area (Å²) in [6, 6.07) is 0. The third kappa shape index (κ3) is 2.50. The third-order valence-electron chi connectivity index (χ3n) is 1.66. The molecule has 0 saturated carbocycles. The van der Waals surface area contributed by atoms with Gasteiger partial charge in [0.2, 0.25) is 11.8 Å². The maximum absolute atomic E-state index is 11.1. The Bertz CT molecular complexity index is 187. The average Bonchev–Trinajstić information content (AvgIpc) is 2.51. The quantitative estimate of drug-likeness (QED) is 0.559. The maximum Gasteiger partial charge on any atom is 0.249 e. The van der Waals surface area contributed by atoms with Crippen LogP contribution in [-0.4, -0.2) is 31.1 Å². The van der Waals surface area contributed by atoms with Crippen molar-refractivity contribution in [3.63, 3.8) is 0 Å². The Kier molecular flexibility index (Phi) is 3.04. The summed E-state index contributed by atoms with van der Waals surface area (Å²) >= 11 is 0. The van der Waals surface area contributed by atoms with Crippen LogP contribution >= 0.6 is 0 Å². The number of amides is 2. The van der Waals surface area contributed by atoms with Gasteiger partial charge in [0, 0.05) is 6.61 Å². The molecule has 1 heterocycles. The van der Waals surface area contributed by atoms with E-state index in [1.165, 1.54) is 0 Å². The Hall–Kier alpha value is -1.10. The van der Waals surface area contributed by atoms with E-state index in [1.807, 2.05) is 0 Å². The number of hydrogen-bond donors (Lipinski definition) is 2. The van der Waals surface area contributed by atoms with Crippen LogP contribution in [-0.2, 0) is 14.3 Å². The lowest BCUT2D eigenvalue weighted by Gasteiger charge is -2.08. The van der Waals surface area contributed by atoms with Gasteiger partial charge in [-0.25, -0.2) is 0 Å². The SMILES string of the molecule is NC(=O)CNC(=O)C1CCCO1. The lowest BCUT2D eigenvalue weighted by molar-refractivity contribution is -0.131. The highest BCUT2D eigenvalue weighted by molar-refractivity contribution is 5.86. The lowest BCUT2D eigenvalue weighted by atomic mass is 10.2. The largest absolute Gasteiger partial charge is 0.368 e. The topological polar surface area (TPSA) is 81.4 Å². The summed E-state index contributed by atoms with van der Waals surface area (Å²) in [6.07, 6.45) is 1.24. The van der Waals surface area contributed by atoms with Gasteiger partial charge in [-0.15, -0.1) is 0 Å². The molecule has 1 saturated heterocycles. The standard InChI is InChI=1S/C7H12N2O3/c8-6(10)4-9-7(11)5-2-1-3-12-5/h5H,1-4H2,(H2,8,10)(H,9,11). The molecular formula is C7H12N2O3. The molecule has 0 aliphatic carbocycles. The molecule has 1 rings (SSSR count). The molecule has 1 aliphatic rings. The summed E-state index contributed by atoms with van der Waals surface area (Å²) in [4.78, 5) is 21.4.